The highest BCUT2D eigenvalue weighted by Crippen LogP contribution is 2.42. The van der Waals surface area contributed by atoms with Crippen LogP contribution in [0.5, 0.6) is 0 Å². The van der Waals surface area contributed by atoms with E-state index in [2.05, 4.69) is 16.2 Å². The number of nitro benzene ring substituents is 1. The molecule has 2 aliphatic rings. The monoisotopic (exact) mass is 314 g/mol. The van der Waals surface area contributed by atoms with Gasteiger partial charge in [0.05, 0.1) is 23.3 Å². The maximum Gasteiger partial charge on any atom is 0.269 e. The van der Waals surface area contributed by atoms with Crippen LogP contribution in [-0.4, -0.2) is 16.9 Å². The summed E-state index contributed by atoms with van der Waals surface area (Å²) in [6, 6.07) is 9.16. The minimum atomic E-state index is -0.440. The van der Waals surface area contributed by atoms with E-state index >= 15 is 0 Å². The number of nitrogens with zero attached hydrogens (tertiary/aromatic N) is 1. The van der Waals surface area contributed by atoms with Crippen LogP contribution in [0.3, 0.4) is 0 Å². The summed E-state index contributed by atoms with van der Waals surface area (Å²) >= 11 is 0. The van der Waals surface area contributed by atoms with E-state index in [1.54, 1.807) is 24.5 Å². The van der Waals surface area contributed by atoms with Crippen LogP contribution in [-0.2, 0) is 4.79 Å². The van der Waals surface area contributed by atoms with Gasteiger partial charge in [0.15, 0.2) is 0 Å². The molecule has 2 saturated heterocycles. The number of rotatable bonds is 3. The third kappa shape index (κ3) is 2.19. The molecule has 23 heavy (non-hydrogen) atoms. The first-order chi connectivity index (χ1) is 11.1. The molecule has 0 radical (unpaired) electrons. The number of hydrogen-bond donors (Lipinski definition) is 3. The molecule has 4 atom stereocenters. The Kier molecular flexibility index (Phi) is 3.14. The largest absolute Gasteiger partial charge is 0.468 e. The van der Waals surface area contributed by atoms with Crippen molar-refractivity contribution in [1.82, 2.24) is 16.2 Å². The van der Waals surface area contributed by atoms with Crippen molar-refractivity contribution >= 4 is 11.6 Å². The number of amides is 1. The summed E-state index contributed by atoms with van der Waals surface area (Å²) in [5, 5.41) is 13.7. The lowest BCUT2D eigenvalue weighted by Crippen LogP contribution is -2.39. The highest BCUT2D eigenvalue weighted by Gasteiger charge is 2.52. The standard InChI is InChI=1S/C15H14N4O4/c20-15-14-11(13(17-18-14)10-2-1-7-23-10)12(16-15)8-3-5-9(6-4-8)19(21)22/h1-7,11-14,17-18H,(H,16,20). The molecule has 0 aliphatic carbocycles. The van der Waals surface area contributed by atoms with Crippen LogP contribution in [0.1, 0.15) is 23.4 Å². The molecule has 2 aromatic rings. The minimum absolute atomic E-state index is 0.0277. The van der Waals surface area contributed by atoms with E-state index < -0.39 is 4.92 Å². The zero-order valence-electron chi connectivity index (χ0n) is 11.9. The van der Waals surface area contributed by atoms with E-state index in [-0.39, 0.29) is 35.6 Å². The number of hydrazine groups is 1. The summed E-state index contributed by atoms with van der Waals surface area (Å²) in [5.41, 5.74) is 6.97. The van der Waals surface area contributed by atoms with Gasteiger partial charge in [-0.25, -0.2) is 10.9 Å². The molecule has 118 valence electrons. The van der Waals surface area contributed by atoms with Gasteiger partial charge in [0, 0.05) is 18.1 Å². The quantitative estimate of drug-likeness (QED) is 0.580. The Morgan fingerprint density at radius 2 is 1.78 bits per heavy atom. The molecule has 2 aliphatic heterocycles. The fourth-order valence-electron chi connectivity index (χ4n) is 3.37. The average molecular weight is 314 g/mol. The Morgan fingerprint density at radius 3 is 2.43 bits per heavy atom. The number of nitro groups is 1. The van der Waals surface area contributed by atoms with Gasteiger partial charge in [-0.05, 0) is 17.7 Å². The van der Waals surface area contributed by atoms with Gasteiger partial charge in [-0.2, -0.15) is 0 Å². The van der Waals surface area contributed by atoms with Crippen molar-refractivity contribution in [3.8, 4) is 0 Å². The van der Waals surface area contributed by atoms with E-state index in [1.165, 1.54) is 12.1 Å². The molecule has 4 rings (SSSR count). The molecule has 1 aromatic heterocycles. The highest BCUT2D eigenvalue weighted by atomic mass is 16.6. The first-order valence-corrected chi connectivity index (χ1v) is 7.24. The summed E-state index contributed by atoms with van der Waals surface area (Å²) < 4.78 is 5.46. The van der Waals surface area contributed by atoms with E-state index in [0.717, 1.165) is 11.3 Å². The molecule has 8 nitrogen and oxygen atoms in total. The third-order valence-corrected chi connectivity index (χ3v) is 4.44. The van der Waals surface area contributed by atoms with Crippen molar-refractivity contribution in [3.63, 3.8) is 0 Å². The lowest BCUT2D eigenvalue weighted by atomic mass is 9.86. The number of furan rings is 1. The van der Waals surface area contributed by atoms with Crippen LogP contribution in [0.15, 0.2) is 47.1 Å². The molecule has 2 fully saturated rings. The van der Waals surface area contributed by atoms with Crippen LogP contribution in [0, 0.1) is 16.0 Å². The van der Waals surface area contributed by atoms with Gasteiger partial charge in [-0.1, -0.05) is 12.1 Å². The topological polar surface area (TPSA) is 109 Å². The summed E-state index contributed by atoms with van der Waals surface area (Å²) in [5.74, 6) is 0.559. The minimum Gasteiger partial charge on any atom is -0.468 e. The first kappa shape index (κ1) is 13.9. The molecule has 1 aromatic carbocycles. The zero-order chi connectivity index (χ0) is 16.0. The molecule has 3 N–H and O–H groups in total. The molecule has 0 spiro atoms. The highest BCUT2D eigenvalue weighted by molar-refractivity contribution is 5.86. The number of nitrogens with one attached hydrogen (secondary N) is 3. The smallest absolute Gasteiger partial charge is 0.269 e. The van der Waals surface area contributed by atoms with Gasteiger partial charge in [0.2, 0.25) is 5.91 Å². The van der Waals surface area contributed by atoms with Crippen LogP contribution < -0.4 is 16.2 Å². The summed E-state index contributed by atoms with van der Waals surface area (Å²) in [4.78, 5) is 22.5. The van der Waals surface area contributed by atoms with Crippen molar-refractivity contribution in [3.05, 3.63) is 64.1 Å². The Bertz CT molecular complexity index is 743. The maximum absolute atomic E-state index is 12.2. The molecule has 1 amide bonds. The number of carbonyl (C=O) groups is 1. The fraction of sp³-hybridized carbons (Fsp3) is 0.267. The molecule has 0 bridgehead atoms. The number of benzene rings is 1. The van der Waals surface area contributed by atoms with E-state index in [4.69, 9.17) is 4.42 Å². The van der Waals surface area contributed by atoms with Crippen LogP contribution >= 0.6 is 0 Å². The Balaban J connectivity index is 1.67. The number of carbonyl (C=O) groups excluding carboxylic acids is 1. The van der Waals surface area contributed by atoms with Gasteiger partial charge < -0.3 is 9.73 Å². The van der Waals surface area contributed by atoms with Crippen molar-refractivity contribution in [1.29, 1.82) is 0 Å². The van der Waals surface area contributed by atoms with Gasteiger partial charge in [0.1, 0.15) is 11.8 Å². The third-order valence-electron chi connectivity index (χ3n) is 4.44. The van der Waals surface area contributed by atoms with E-state index in [9.17, 15) is 14.9 Å². The summed E-state index contributed by atoms with van der Waals surface area (Å²) in [6.07, 6.45) is 1.59. The Labute approximate surface area is 131 Å². The van der Waals surface area contributed by atoms with Crippen molar-refractivity contribution < 1.29 is 14.1 Å². The molecular weight excluding hydrogens is 300 g/mol. The van der Waals surface area contributed by atoms with Crippen LogP contribution in [0.4, 0.5) is 5.69 Å². The normalized spacial score (nSPS) is 29.3. The van der Waals surface area contributed by atoms with Gasteiger partial charge in [-0.3, -0.25) is 14.9 Å². The molecule has 3 heterocycles. The second kappa shape index (κ2) is 5.18. The first-order valence-electron chi connectivity index (χ1n) is 7.24. The van der Waals surface area contributed by atoms with E-state index in [1.807, 2.05) is 6.07 Å². The van der Waals surface area contributed by atoms with Crippen molar-refractivity contribution in [2.75, 3.05) is 0 Å². The lowest BCUT2D eigenvalue weighted by Gasteiger charge is -2.22. The molecular formula is C15H14N4O4. The van der Waals surface area contributed by atoms with E-state index in [0.29, 0.717) is 0 Å². The second-order valence-corrected chi connectivity index (χ2v) is 5.67. The Morgan fingerprint density at radius 1 is 1.04 bits per heavy atom. The predicted octanol–water partition coefficient (Wildman–Crippen LogP) is 1.19. The fourth-order valence-corrected chi connectivity index (χ4v) is 3.37. The summed E-state index contributed by atoms with van der Waals surface area (Å²) in [6.45, 7) is 0. The number of non-ortho nitro benzene ring substituents is 1. The Hall–Kier alpha value is -2.71. The van der Waals surface area contributed by atoms with Crippen LogP contribution in [0.25, 0.3) is 0 Å². The maximum atomic E-state index is 12.2. The van der Waals surface area contributed by atoms with Crippen LogP contribution in [0.2, 0.25) is 0 Å². The second-order valence-electron chi connectivity index (χ2n) is 5.67. The molecule has 8 heteroatoms. The van der Waals surface area contributed by atoms with Crippen molar-refractivity contribution in [2.24, 2.45) is 5.92 Å². The SMILES string of the molecule is O=C1NC(c2ccc([N+](=O)[O-])cc2)C2C1NNC2c1ccco1. The lowest BCUT2D eigenvalue weighted by molar-refractivity contribution is -0.384. The molecule has 4 unspecified atom stereocenters. The van der Waals surface area contributed by atoms with Gasteiger partial charge >= 0.3 is 0 Å². The number of hydrogen-bond acceptors (Lipinski definition) is 6. The van der Waals surface area contributed by atoms with Gasteiger partial charge in [-0.15, -0.1) is 0 Å². The average Bonchev–Trinajstić information content (AvgIpc) is 3.25. The number of fused-ring (bicyclic) bond motifs is 1. The molecule has 0 saturated carbocycles. The predicted molar refractivity (Wildman–Crippen MR) is 79.0 cm³/mol. The van der Waals surface area contributed by atoms with Crippen molar-refractivity contribution in [2.45, 2.75) is 18.1 Å². The zero-order valence-corrected chi connectivity index (χ0v) is 11.9. The van der Waals surface area contributed by atoms with Gasteiger partial charge in [0.25, 0.3) is 5.69 Å². The summed E-state index contributed by atoms with van der Waals surface area (Å²) in [7, 11) is 0.